The summed E-state index contributed by atoms with van der Waals surface area (Å²) in [7, 11) is 0. The van der Waals surface area contributed by atoms with Crippen molar-refractivity contribution in [2.75, 3.05) is 0 Å². The molecule has 0 unspecified atom stereocenters. The van der Waals surface area contributed by atoms with Crippen molar-refractivity contribution in [3.8, 4) is 17.2 Å². The van der Waals surface area contributed by atoms with Gasteiger partial charge in [0, 0.05) is 4.47 Å². The Balaban J connectivity index is 2.02. The molecular weight excluding hydrogens is 284 g/mol. The van der Waals surface area contributed by atoms with Gasteiger partial charge in [0.25, 0.3) is 0 Å². The van der Waals surface area contributed by atoms with Crippen LogP contribution in [0, 0.1) is 0 Å². The smallest absolute Gasteiger partial charge is 0.157 e. The lowest BCUT2D eigenvalue weighted by Crippen LogP contribution is -1.94. The highest BCUT2D eigenvalue weighted by molar-refractivity contribution is 9.10. The van der Waals surface area contributed by atoms with Crippen LogP contribution >= 0.6 is 15.9 Å². The van der Waals surface area contributed by atoms with Gasteiger partial charge in [-0.05, 0) is 42.0 Å². The molecule has 0 saturated heterocycles. The molecule has 0 aliphatic heterocycles. The monoisotopic (exact) mass is 294 g/mol. The molecule has 0 aliphatic carbocycles. The van der Waals surface area contributed by atoms with Crippen LogP contribution in [0.15, 0.2) is 46.9 Å². The number of halogens is 1. The first-order valence-corrected chi connectivity index (χ1v) is 5.83. The van der Waals surface area contributed by atoms with Gasteiger partial charge in [-0.2, -0.15) is 0 Å². The summed E-state index contributed by atoms with van der Waals surface area (Å²) in [5.41, 5.74) is 0.795. The second-order valence-corrected chi connectivity index (χ2v) is 4.48. The van der Waals surface area contributed by atoms with Gasteiger partial charge >= 0.3 is 0 Å². The van der Waals surface area contributed by atoms with Gasteiger partial charge in [-0.15, -0.1) is 0 Å². The third-order valence-corrected chi connectivity index (χ3v) is 2.79. The van der Waals surface area contributed by atoms with Crippen molar-refractivity contribution < 1.29 is 14.9 Å². The van der Waals surface area contributed by atoms with E-state index in [1.165, 1.54) is 12.1 Å². The number of hydrogen-bond donors (Lipinski definition) is 2. The minimum Gasteiger partial charge on any atom is -0.504 e. The third-order valence-electron chi connectivity index (χ3n) is 2.26. The molecule has 2 aromatic carbocycles. The largest absolute Gasteiger partial charge is 0.504 e. The van der Waals surface area contributed by atoms with E-state index in [4.69, 9.17) is 9.84 Å². The van der Waals surface area contributed by atoms with Crippen LogP contribution in [-0.2, 0) is 6.61 Å². The normalized spacial score (nSPS) is 10.2. The Morgan fingerprint density at radius 1 is 0.941 bits per heavy atom. The van der Waals surface area contributed by atoms with Crippen LogP contribution in [0.1, 0.15) is 5.56 Å². The maximum absolute atomic E-state index is 9.32. The Labute approximate surface area is 107 Å². The molecule has 0 spiro atoms. The summed E-state index contributed by atoms with van der Waals surface area (Å²) >= 11 is 3.34. The number of hydrogen-bond acceptors (Lipinski definition) is 3. The molecular formula is C13H11BrO3. The molecule has 88 valence electrons. The van der Waals surface area contributed by atoms with Crippen molar-refractivity contribution in [2.24, 2.45) is 0 Å². The van der Waals surface area contributed by atoms with Gasteiger partial charge in [0.2, 0.25) is 0 Å². The van der Waals surface area contributed by atoms with E-state index in [2.05, 4.69) is 15.9 Å². The Hall–Kier alpha value is -1.68. The lowest BCUT2D eigenvalue weighted by atomic mass is 10.2. The summed E-state index contributed by atoms with van der Waals surface area (Å²) in [6, 6.07) is 12.1. The topological polar surface area (TPSA) is 49.7 Å². The van der Waals surface area contributed by atoms with Crippen LogP contribution in [0.3, 0.4) is 0 Å². The van der Waals surface area contributed by atoms with E-state index in [1.54, 1.807) is 6.07 Å². The molecule has 0 heterocycles. The third kappa shape index (κ3) is 3.14. The SMILES string of the molecule is Oc1ccc(COc2ccc(Br)cc2)cc1O. The van der Waals surface area contributed by atoms with Crippen molar-refractivity contribution in [1.82, 2.24) is 0 Å². The summed E-state index contributed by atoms with van der Waals surface area (Å²) in [6.07, 6.45) is 0. The first-order chi connectivity index (χ1) is 8.15. The fourth-order valence-corrected chi connectivity index (χ4v) is 1.62. The Morgan fingerprint density at radius 3 is 2.29 bits per heavy atom. The van der Waals surface area contributed by atoms with Crippen molar-refractivity contribution in [3.05, 3.63) is 52.5 Å². The van der Waals surface area contributed by atoms with E-state index in [1.807, 2.05) is 24.3 Å². The molecule has 2 N–H and O–H groups in total. The number of aromatic hydroxyl groups is 2. The molecule has 2 rings (SSSR count). The maximum atomic E-state index is 9.32. The van der Waals surface area contributed by atoms with Crippen molar-refractivity contribution in [3.63, 3.8) is 0 Å². The second-order valence-electron chi connectivity index (χ2n) is 3.57. The van der Waals surface area contributed by atoms with E-state index in [0.717, 1.165) is 15.8 Å². The average molecular weight is 295 g/mol. The number of phenols is 2. The second kappa shape index (κ2) is 5.10. The van der Waals surface area contributed by atoms with E-state index >= 15 is 0 Å². The molecule has 0 atom stereocenters. The predicted octanol–water partition coefficient (Wildman–Crippen LogP) is 3.44. The van der Waals surface area contributed by atoms with Gasteiger partial charge in [-0.1, -0.05) is 22.0 Å². The average Bonchev–Trinajstić information content (AvgIpc) is 2.33. The highest BCUT2D eigenvalue weighted by Crippen LogP contribution is 2.25. The van der Waals surface area contributed by atoms with Gasteiger partial charge in [0.1, 0.15) is 12.4 Å². The number of phenolic OH excluding ortho intramolecular Hbond substituents is 2. The quantitative estimate of drug-likeness (QED) is 0.853. The van der Waals surface area contributed by atoms with Crippen LogP contribution in [-0.4, -0.2) is 10.2 Å². The van der Waals surface area contributed by atoms with E-state index < -0.39 is 0 Å². The molecule has 0 saturated carbocycles. The Bertz CT molecular complexity index is 509. The van der Waals surface area contributed by atoms with Crippen LogP contribution in [0.25, 0.3) is 0 Å². The van der Waals surface area contributed by atoms with Gasteiger partial charge in [-0.25, -0.2) is 0 Å². The first kappa shape index (κ1) is 11.8. The lowest BCUT2D eigenvalue weighted by Gasteiger charge is -2.07. The molecule has 2 aromatic rings. The van der Waals surface area contributed by atoms with E-state index in [9.17, 15) is 5.11 Å². The highest BCUT2D eigenvalue weighted by atomic mass is 79.9. The van der Waals surface area contributed by atoms with Gasteiger partial charge in [-0.3, -0.25) is 0 Å². The summed E-state index contributed by atoms with van der Waals surface area (Å²) in [5.74, 6) is 0.486. The van der Waals surface area contributed by atoms with Crippen molar-refractivity contribution in [1.29, 1.82) is 0 Å². The molecule has 0 amide bonds. The first-order valence-electron chi connectivity index (χ1n) is 5.04. The minimum atomic E-state index is -0.137. The van der Waals surface area contributed by atoms with Crippen LogP contribution in [0.4, 0.5) is 0 Å². The van der Waals surface area contributed by atoms with Gasteiger partial charge in [0.15, 0.2) is 11.5 Å². The zero-order chi connectivity index (χ0) is 12.3. The lowest BCUT2D eigenvalue weighted by molar-refractivity contribution is 0.305. The number of rotatable bonds is 3. The van der Waals surface area contributed by atoms with Crippen LogP contribution < -0.4 is 4.74 Å². The zero-order valence-corrected chi connectivity index (χ0v) is 10.5. The van der Waals surface area contributed by atoms with Crippen molar-refractivity contribution >= 4 is 15.9 Å². The van der Waals surface area contributed by atoms with Crippen molar-refractivity contribution in [2.45, 2.75) is 6.61 Å². The Morgan fingerprint density at radius 2 is 1.65 bits per heavy atom. The standard InChI is InChI=1S/C13H11BrO3/c14-10-2-4-11(5-3-10)17-8-9-1-6-12(15)13(16)7-9/h1-7,15-16H,8H2. The molecule has 0 bridgehead atoms. The Kier molecular flexibility index (Phi) is 3.54. The van der Waals surface area contributed by atoms with Gasteiger partial charge < -0.3 is 14.9 Å². The predicted molar refractivity (Wildman–Crippen MR) is 68.2 cm³/mol. The molecule has 0 fully saturated rings. The number of ether oxygens (including phenoxy) is 1. The minimum absolute atomic E-state index is 0.127. The maximum Gasteiger partial charge on any atom is 0.157 e. The van der Waals surface area contributed by atoms with Crippen LogP contribution in [0.5, 0.6) is 17.2 Å². The molecule has 0 aliphatic rings. The fourth-order valence-electron chi connectivity index (χ4n) is 1.36. The number of benzene rings is 2. The summed E-state index contributed by atoms with van der Waals surface area (Å²) in [6.45, 7) is 0.343. The zero-order valence-electron chi connectivity index (χ0n) is 8.93. The molecule has 4 heteroatoms. The molecule has 17 heavy (non-hydrogen) atoms. The van der Waals surface area contributed by atoms with E-state index in [0.29, 0.717) is 6.61 Å². The molecule has 3 nitrogen and oxygen atoms in total. The van der Waals surface area contributed by atoms with E-state index in [-0.39, 0.29) is 11.5 Å². The fraction of sp³-hybridized carbons (Fsp3) is 0.0769. The summed E-state index contributed by atoms with van der Waals surface area (Å²) in [4.78, 5) is 0. The summed E-state index contributed by atoms with van der Waals surface area (Å²) < 4.78 is 6.52. The van der Waals surface area contributed by atoms with Crippen LogP contribution in [0.2, 0.25) is 0 Å². The summed E-state index contributed by atoms with van der Waals surface area (Å²) in [5, 5.41) is 18.5. The molecule has 0 radical (unpaired) electrons. The molecule has 0 aromatic heterocycles. The highest BCUT2D eigenvalue weighted by Gasteiger charge is 2.01. The van der Waals surface area contributed by atoms with Gasteiger partial charge in [0.05, 0.1) is 0 Å².